The molecule has 130 valence electrons. The topological polar surface area (TPSA) is 57.6 Å². The van der Waals surface area contributed by atoms with Crippen LogP contribution >= 0.6 is 0 Å². The fraction of sp³-hybridized carbons (Fsp3) is 0.333. The third-order valence-corrected chi connectivity index (χ3v) is 5.08. The monoisotopic (exact) mass is 337 g/mol. The van der Waals surface area contributed by atoms with E-state index in [1.807, 2.05) is 67.6 Å². The average Bonchev–Trinajstić information content (AvgIpc) is 3.10. The standard InChI is InChI=1S/C21H23NO3/c1-2-17(15-9-5-3-6-10-15)20(23)22-13-18(19(14-22)21(24)25)16-11-7-4-8-12-16/h3-12,17-19H,2,13-14H2,1H3,(H,24,25). The maximum Gasteiger partial charge on any atom is 0.308 e. The molecule has 3 rings (SSSR count). The van der Waals surface area contributed by atoms with Crippen molar-refractivity contribution >= 4 is 11.9 Å². The molecule has 0 radical (unpaired) electrons. The number of benzene rings is 2. The predicted octanol–water partition coefficient (Wildman–Crippen LogP) is 3.51. The Labute approximate surface area is 148 Å². The number of hydrogen-bond donors (Lipinski definition) is 1. The van der Waals surface area contributed by atoms with Crippen molar-refractivity contribution in [2.45, 2.75) is 25.2 Å². The van der Waals surface area contributed by atoms with Gasteiger partial charge in [-0.1, -0.05) is 67.6 Å². The zero-order valence-corrected chi connectivity index (χ0v) is 14.3. The third kappa shape index (κ3) is 3.58. The Hall–Kier alpha value is -2.62. The largest absolute Gasteiger partial charge is 0.481 e. The van der Waals surface area contributed by atoms with Crippen molar-refractivity contribution in [3.05, 3.63) is 71.8 Å². The van der Waals surface area contributed by atoms with Crippen LogP contribution < -0.4 is 0 Å². The van der Waals surface area contributed by atoms with E-state index in [4.69, 9.17) is 0 Å². The van der Waals surface area contributed by atoms with Crippen molar-refractivity contribution in [2.24, 2.45) is 5.92 Å². The van der Waals surface area contributed by atoms with Crippen LogP contribution in [0.5, 0.6) is 0 Å². The molecule has 1 amide bonds. The van der Waals surface area contributed by atoms with Crippen molar-refractivity contribution in [3.63, 3.8) is 0 Å². The SMILES string of the molecule is CCC(C(=O)N1CC(C(=O)O)C(c2ccccc2)C1)c1ccccc1. The van der Waals surface area contributed by atoms with E-state index in [-0.39, 0.29) is 24.3 Å². The highest BCUT2D eigenvalue weighted by Gasteiger charge is 2.41. The number of carboxylic acids is 1. The minimum Gasteiger partial charge on any atom is -0.481 e. The fourth-order valence-electron chi connectivity index (χ4n) is 3.73. The summed E-state index contributed by atoms with van der Waals surface area (Å²) in [7, 11) is 0. The van der Waals surface area contributed by atoms with Gasteiger partial charge in [-0.3, -0.25) is 9.59 Å². The van der Waals surface area contributed by atoms with Crippen molar-refractivity contribution in [3.8, 4) is 0 Å². The zero-order chi connectivity index (χ0) is 17.8. The van der Waals surface area contributed by atoms with Gasteiger partial charge < -0.3 is 10.0 Å². The van der Waals surface area contributed by atoms with Crippen LogP contribution in [0.3, 0.4) is 0 Å². The second-order valence-corrected chi connectivity index (χ2v) is 6.58. The highest BCUT2D eigenvalue weighted by Crippen LogP contribution is 2.35. The molecule has 1 N–H and O–H groups in total. The number of carboxylic acid groups (broad SMARTS) is 1. The number of nitrogens with zero attached hydrogens (tertiary/aromatic N) is 1. The van der Waals surface area contributed by atoms with Crippen LogP contribution in [0, 0.1) is 5.92 Å². The normalized spacial score (nSPS) is 21.1. The van der Waals surface area contributed by atoms with Crippen LogP contribution in [-0.4, -0.2) is 35.0 Å². The summed E-state index contributed by atoms with van der Waals surface area (Å²) in [5.74, 6) is -1.74. The van der Waals surface area contributed by atoms with Crippen LogP contribution in [0.4, 0.5) is 0 Å². The lowest BCUT2D eigenvalue weighted by molar-refractivity contribution is -0.142. The van der Waals surface area contributed by atoms with Crippen LogP contribution in [0.25, 0.3) is 0 Å². The molecule has 25 heavy (non-hydrogen) atoms. The average molecular weight is 337 g/mol. The van der Waals surface area contributed by atoms with Gasteiger partial charge in [0.05, 0.1) is 11.8 Å². The lowest BCUT2D eigenvalue weighted by atomic mass is 9.89. The highest BCUT2D eigenvalue weighted by atomic mass is 16.4. The molecule has 2 aromatic carbocycles. The first kappa shape index (κ1) is 17.2. The molecular weight excluding hydrogens is 314 g/mol. The van der Waals surface area contributed by atoms with Gasteiger partial charge in [-0.05, 0) is 17.5 Å². The van der Waals surface area contributed by atoms with E-state index in [1.54, 1.807) is 4.90 Å². The van der Waals surface area contributed by atoms with Gasteiger partial charge >= 0.3 is 5.97 Å². The Bertz CT molecular complexity index is 729. The molecule has 2 aromatic rings. The zero-order valence-electron chi connectivity index (χ0n) is 14.3. The molecule has 0 bridgehead atoms. The number of rotatable bonds is 5. The Morgan fingerprint density at radius 1 is 1.04 bits per heavy atom. The van der Waals surface area contributed by atoms with Gasteiger partial charge in [0.1, 0.15) is 0 Å². The van der Waals surface area contributed by atoms with Crippen molar-refractivity contribution in [1.29, 1.82) is 0 Å². The highest BCUT2D eigenvalue weighted by molar-refractivity contribution is 5.85. The van der Waals surface area contributed by atoms with Crippen molar-refractivity contribution < 1.29 is 14.7 Å². The van der Waals surface area contributed by atoms with Gasteiger partial charge in [-0.2, -0.15) is 0 Å². The number of aliphatic carboxylic acids is 1. The Morgan fingerprint density at radius 3 is 2.20 bits per heavy atom. The van der Waals surface area contributed by atoms with Crippen molar-refractivity contribution in [2.75, 3.05) is 13.1 Å². The molecule has 0 aromatic heterocycles. The first-order valence-corrected chi connectivity index (χ1v) is 8.73. The Kier molecular flexibility index (Phi) is 5.17. The fourth-order valence-corrected chi connectivity index (χ4v) is 3.73. The molecule has 4 heteroatoms. The number of hydrogen-bond acceptors (Lipinski definition) is 2. The second-order valence-electron chi connectivity index (χ2n) is 6.58. The van der Waals surface area contributed by atoms with E-state index < -0.39 is 11.9 Å². The van der Waals surface area contributed by atoms with Crippen LogP contribution in [0.2, 0.25) is 0 Å². The summed E-state index contributed by atoms with van der Waals surface area (Å²) >= 11 is 0. The first-order valence-electron chi connectivity index (χ1n) is 8.73. The van der Waals surface area contributed by atoms with E-state index in [1.165, 1.54) is 0 Å². The summed E-state index contributed by atoms with van der Waals surface area (Å²) in [4.78, 5) is 26.5. The van der Waals surface area contributed by atoms with Crippen LogP contribution in [-0.2, 0) is 9.59 Å². The Morgan fingerprint density at radius 2 is 1.64 bits per heavy atom. The minimum atomic E-state index is -0.836. The molecule has 0 aliphatic carbocycles. The van der Waals surface area contributed by atoms with Gasteiger partial charge in [-0.25, -0.2) is 0 Å². The van der Waals surface area contributed by atoms with Gasteiger partial charge in [0.25, 0.3) is 0 Å². The summed E-state index contributed by atoms with van der Waals surface area (Å²) < 4.78 is 0. The Balaban J connectivity index is 1.83. The number of carbonyl (C=O) groups excluding carboxylic acids is 1. The molecule has 4 nitrogen and oxygen atoms in total. The molecule has 3 atom stereocenters. The molecule has 0 saturated carbocycles. The van der Waals surface area contributed by atoms with E-state index in [2.05, 4.69) is 0 Å². The lowest BCUT2D eigenvalue weighted by Crippen LogP contribution is -2.34. The molecule has 1 heterocycles. The van der Waals surface area contributed by atoms with Gasteiger partial charge in [-0.15, -0.1) is 0 Å². The van der Waals surface area contributed by atoms with Crippen LogP contribution in [0.1, 0.15) is 36.3 Å². The first-order chi connectivity index (χ1) is 12.1. The van der Waals surface area contributed by atoms with E-state index >= 15 is 0 Å². The number of likely N-dealkylation sites (tertiary alicyclic amines) is 1. The summed E-state index contributed by atoms with van der Waals surface area (Å²) in [5, 5.41) is 9.62. The van der Waals surface area contributed by atoms with Gasteiger partial charge in [0.15, 0.2) is 0 Å². The summed E-state index contributed by atoms with van der Waals surface area (Å²) in [6.45, 7) is 2.73. The smallest absolute Gasteiger partial charge is 0.308 e. The number of amides is 1. The summed E-state index contributed by atoms with van der Waals surface area (Å²) in [5.41, 5.74) is 1.97. The molecule has 3 unspecified atom stereocenters. The van der Waals surface area contributed by atoms with Gasteiger partial charge in [0.2, 0.25) is 5.91 Å². The third-order valence-electron chi connectivity index (χ3n) is 5.08. The quantitative estimate of drug-likeness (QED) is 0.908. The lowest BCUT2D eigenvalue weighted by Gasteiger charge is -2.23. The van der Waals surface area contributed by atoms with E-state index in [0.29, 0.717) is 13.0 Å². The predicted molar refractivity (Wildman–Crippen MR) is 96.4 cm³/mol. The van der Waals surface area contributed by atoms with E-state index in [0.717, 1.165) is 11.1 Å². The molecule has 0 spiro atoms. The maximum atomic E-state index is 13.1. The minimum absolute atomic E-state index is 0.0263. The number of carbonyl (C=O) groups is 2. The second kappa shape index (κ2) is 7.51. The van der Waals surface area contributed by atoms with Crippen molar-refractivity contribution in [1.82, 2.24) is 4.90 Å². The summed E-state index contributed by atoms with van der Waals surface area (Å²) in [6, 6.07) is 19.4. The summed E-state index contributed by atoms with van der Waals surface area (Å²) in [6.07, 6.45) is 0.701. The van der Waals surface area contributed by atoms with Gasteiger partial charge in [0, 0.05) is 19.0 Å². The molecule has 1 saturated heterocycles. The van der Waals surface area contributed by atoms with E-state index in [9.17, 15) is 14.7 Å². The molecule has 1 aliphatic rings. The molecule has 1 aliphatic heterocycles. The maximum absolute atomic E-state index is 13.1. The molecular formula is C21H23NO3. The molecule has 1 fully saturated rings. The van der Waals surface area contributed by atoms with Crippen LogP contribution in [0.15, 0.2) is 60.7 Å².